The molecule has 2 rings (SSSR count). The van der Waals surface area contributed by atoms with Crippen molar-refractivity contribution in [1.29, 1.82) is 0 Å². The highest BCUT2D eigenvalue weighted by Gasteiger charge is 2.33. The first kappa shape index (κ1) is 14.5. The van der Waals surface area contributed by atoms with E-state index in [-0.39, 0.29) is 22.8 Å². The number of carboxylic acids is 1. The lowest BCUT2D eigenvalue weighted by Gasteiger charge is -2.23. The Kier molecular flexibility index (Phi) is 3.88. The molecule has 1 aliphatic heterocycles. The minimum absolute atomic E-state index is 0.0508. The molecule has 1 aromatic carbocycles. The fraction of sp³-hybridized carbons (Fsp3) is 0.231. The molecule has 1 unspecified atom stereocenters. The number of rotatable bonds is 3. The van der Waals surface area contributed by atoms with E-state index >= 15 is 0 Å². The van der Waals surface area contributed by atoms with Crippen LogP contribution in [0.1, 0.15) is 18.5 Å². The lowest BCUT2D eigenvalue weighted by molar-refractivity contribution is -0.385. The van der Waals surface area contributed by atoms with E-state index in [1.54, 1.807) is 13.0 Å². The lowest BCUT2D eigenvalue weighted by Crippen LogP contribution is -2.32. The number of aliphatic imine (C=N–C) groups is 1. The van der Waals surface area contributed by atoms with E-state index in [0.29, 0.717) is 5.70 Å². The number of nitro groups is 1. The van der Waals surface area contributed by atoms with Gasteiger partial charge in [0.1, 0.15) is 6.04 Å². The van der Waals surface area contributed by atoms with E-state index in [9.17, 15) is 20.0 Å². The number of methoxy groups -OCH3 is 1. The van der Waals surface area contributed by atoms with Crippen molar-refractivity contribution in [1.82, 2.24) is 5.32 Å². The van der Waals surface area contributed by atoms with Gasteiger partial charge >= 0.3 is 5.97 Å². The maximum absolute atomic E-state index is 11.4. The third-order valence-electron chi connectivity index (χ3n) is 3.07. The average molecular weight is 291 g/mol. The van der Waals surface area contributed by atoms with Crippen molar-refractivity contribution < 1.29 is 19.6 Å². The van der Waals surface area contributed by atoms with Crippen molar-refractivity contribution in [3.05, 3.63) is 51.2 Å². The highest BCUT2D eigenvalue weighted by atomic mass is 16.6. The third-order valence-corrected chi connectivity index (χ3v) is 3.07. The first-order valence-electron chi connectivity index (χ1n) is 6.02. The maximum Gasteiger partial charge on any atom is 0.335 e. The summed E-state index contributed by atoms with van der Waals surface area (Å²) in [5.41, 5.74) is 0.299. The van der Waals surface area contributed by atoms with Gasteiger partial charge in [-0.3, -0.25) is 10.1 Å². The van der Waals surface area contributed by atoms with Crippen molar-refractivity contribution in [2.45, 2.75) is 13.0 Å². The standard InChI is InChI=1S/C13H13N3O5/c1-7-10(12(17)18)11(15-13(14-7)21-2)8-5-3-4-6-9(8)16(19)20/h3-6,11H,1-2H3,(H,14,15)(H,17,18). The SMILES string of the molecule is COC1=NC(c2ccccc2[N+](=O)[O-])C(C(=O)O)=C(C)N1. The number of nitro benzene ring substituents is 1. The van der Waals surface area contributed by atoms with Crippen LogP contribution in [0.2, 0.25) is 0 Å². The van der Waals surface area contributed by atoms with Crippen LogP contribution < -0.4 is 5.32 Å². The van der Waals surface area contributed by atoms with Crippen LogP contribution in [0.4, 0.5) is 5.69 Å². The van der Waals surface area contributed by atoms with Crippen LogP contribution in [0, 0.1) is 10.1 Å². The number of carbonyl (C=O) groups is 1. The third kappa shape index (κ3) is 2.69. The summed E-state index contributed by atoms with van der Waals surface area (Å²) in [5, 5.41) is 23.2. The van der Waals surface area contributed by atoms with E-state index in [2.05, 4.69) is 10.3 Å². The Hall–Kier alpha value is -2.90. The molecule has 0 fully saturated rings. The normalized spacial score (nSPS) is 17.8. The van der Waals surface area contributed by atoms with Crippen LogP contribution >= 0.6 is 0 Å². The molecule has 0 bridgehead atoms. The van der Waals surface area contributed by atoms with Gasteiger partial charge in [0.05, 0.1) is 23.2 Å². The van der Waals surface area contributed by atoms with E-state index < -0.39 is 16.9 Å². The highest BCUT2D eigenvalue weighted by Crippen LogP contribution is 2.35. The molecule has 0 saturated heterocycles. The molecule has 1 aliphatic rings. The van der Waals surface area contributed by atoms with Gasteiger partial charge in [-0.1, -0.05) is 12.1 Å². The average Bonchev–Trinajstić information content (AvgIpc) is 2.45. The molecule has 8 nitrogen and oxygen atoms in total. The quantitative estimate of drug-likeness (QED) is 0.645. The molecule has 0 aliphatic carbocycles. The zero-order valence-corrected chi connectivity index (χ0v) is 11.4. The summed E-state index contributed by atoms with van der Waals surface area (Å²) in [7, 11) is 1.38. The molecule has 1 heterocycles. The topological polar surface area (TPSA) is 114 Å². The van der Waals surface area contributed by atoms with Crippen LogP contribution in [0.15, 0.2) is 40.5 Å². The predicted octanol–water partition coefficient (Wildman–Crippen LogP) is 1.60. The number of benzene rings is 1. The number of nitrogens with one attached hydrogen (secondary N) is 1. The Labute approximate surface area is 119 Å². The van der Waals surface area contributed by atoms with Crippen LogP contribution in [0.25, 0.3) is 0 Å². The van der Waals surface area contributed by atoms with Crippen LogP contribution in [-0.2, 0) is 9.53 Å². The Balaban J connectivity index is 2.63. The molecular formula is C13H13N3O5. The van der Waals surface area contributed by atoms with Gasteiger partial charge in [0.25, 0.3) is 11.7 Å². The number of allylic oxidation sites excluding steroid dienone is 1. The zero-order chi connectivity index (χ0) is 15.6. The fourth-order valence-corrected chi connectivity index (χ4v) is 2.14. The van der Waals surface area contributed by atoms with E-state index in [4.69, 9.17) is 4.74 Å². The van der Waals surface area contributed by atoms with Crippen LogP contribution in [0.3, 0.4) is 0 Å². The largest absolute Gasteiger partial charge is 0.478 e. The molecule has 2 N–H and O–H groups in total. The molecule has 1 aromatic rings. The number of para-hydroxylation sites is 1. The second kappa shape index (κ2) is 5.61. The molecule has 0 saturated carbocycles. The van der Waals surface area contributed by atoms with Crippen molar-refractivity contribution >= 4 is 17.7 Å². The predicted molar refractivity (Wildman–Crippen MR) is 73.8 cm³/mol. The van der Waals surface area contributed by atoms with Gasteiger partial charge in [0.2, 0.25) is 0 Å². The van der Waals surface area contributed by atoms with Crippen LogP contribution in [0.5, 0.6) is 0 Å². The van der Waals surface area contributed by atoms with Crippen molar-refractivity contribution in [3.63, 3.8) is 0 Å². The molecule has 0 aromatic heterocycles. The molecule has 1 atom stereocenters. The first-order chi connectivity index (χ1) is 9.95. The van der Waals surface area contributed by atoms with Gasteiger partial charge in [-0.2, -0.15) is 0 Å². The van der Waals surface area contributed by atoms with E-state index in [0.717, 1.165) is 0 Å². The summed E-state index contributed by atoms with van der Waals surface area (Å²) in [4.78, 5) is 26.1. The molecule has 0 amide bonds. The summed E-state index contributed by atoms with van der Waals surface area (Å²) >= 11 is 0. The van der Waals surface area contributed by atoms with Crippen LogP contribution in [-0.4, -0.2) is 29.1 Å². The second-order valence-electron chi connectivity index (χ2n) is 4.33. The fourth-order valence-electron chi connectivity index (χ4n) is 2.14. The molecule has 110 valence electrons. The number of aliphatic carboxylic acids is 1. The highest BCUT2D eigenvalue weighted by molar-refractivity contribution is 5.93. The second-order valence-corrected chi connectivity index (χ2v) is 4.33. The molecular weight excluding hydrogens is 278 g/mol. The summed E-state index contributed by atoms with van der Waals surface area (Å²) in [6, 6.07) is 5.03. The number of amidine groups is 1. The minimum Gasteiger partial charge on any atom is -0.478 e. The number of carboxylic acid groups (broad SMARTS) is 1. The summed E-state index contributed by atoms with van der Waals surface area (Å²) in [5.74, 6) is -1.19. The molecule has 0 radical (unpaired) electrons. The first-order valence-corrected chi connectivity index (χ1v) is 6.02. The van der Waals surface area contributed by atoms with Gasteiger partial charge in [0.15, 0.2) is 0 Å². The van der Waals surface area contributed by atoms with Gasteiger partial charge in [0, 0.05) is 11.8 Å². The lowest BCUT2D eigenvalue weighted by atomic mass is 9.95. The summed E-state index contributed by atoms with van der Waals surface area (Å²) in [6.07, 6.45) is 0. The van der Waals surface area contributed by atoms with Crippen molar-refractivity contribution in [3.8, 4) is 0 Å². The van der Waals surface area contributed by atoms with Gasteiger partial charge in [-0.15, -0.1) is 0 Å². The summed E-state index contributed by atoms with van der Waals surface area (Å²) < 4.78 is 4.98. The Morgan fingerprint density at radius 3 is 2.71 bits per heavy atom. The van der Waals surface area contributed by atoms with Gasteiger partial charge < -0.3 is 15.2 Å². The zero-order valence-electron chi connectivity index (χ0n) is 11.4. The number of ether oxygens (including phenoxy) is 1. The molecule has 0 spiro atoms. The van der Waals surface area contributed by atoms with E-state index in [1.165, 1.54) is 25.3 Å². The monoisotopic (exact) mass is 291 g/mol. The smallest absolute Gasteiger partial charge is 0.335 e. The minimum atomic E-state index is -1.19. The number of hydrogen-bond acceptors (Lipinski definition) is 6. The Morgan fingerprint density at radius 2 is 2.14 bits per heavy atom. The number of nitrogens with zero attached hydrogens (tertiary/aromatic N) is 2. The number of hydrogen-bond donors (Lipinski definition) is 2. The molecule has 21 heavy (non-hydrogen) atoms. The maximum atomic E-state index is 11.4. The Morgan fingerprint density at radius 1 is 1.48 bits per heavy atom. The Bertz CT molecular complexity index is 666. The summed E-state index contributed by atoms with van der Waals surface area (Å²) in [6.45, 7) is 1.55. The van der Waals surface area contributed by atoms with Gasteiger partial charge in [-0.05, 0) is 13.0 Å². The van der Waals surface area contributed by atoms with Crippen molar-refractivity contribution in [2.75, 3.05) is 7.11 Å². The van der Waals surface area contributed by atoms with Gasteiger partial charge in [-0.25, -0.2) is 9.79 Å². The van der Waals surface area contributed by atoms with Crippen molar-refractivity contribution in [2.24, 2.45) is 4.99 Å². The van der Waals surface area contributed by atoms with E-state index in [1.807, 2.05) is 0 Å². The molecule has 8 heteroatoms.